The van der Waals surface area contributed by atoms with Crippen molar-refractivity contribution in [2.45, 2.75) is 13.5 Å². The summed E-state index contributed by atoms with van der Waals surface area (Å²) in [6.45, 7) is 2.53. The molecule has 0 saturated heterocycles. The van der Waals surface area contributed by atoms with Crippen LogP contribution in [0.15, 0.2) is 30.3 Å². The van der Waals surface area contributed by atoms with Crippen molar-refractivity contribution < 1.29 is 0 Å². The molecule has 0 saturated carbocycles. The predicted molar refractivity (Wildman–Crippen MR) is 79.9 cm³/mol. The third-order valence-electron chi connectivity index (χ3n) is 2.73. The lowest BCUT2D eigenvalue weighted by atomic mass is 10.2. The fourth-order valence-electron chi connectivity index (χ4n) is 1.73. The van der Waals surface area contributed by atoms with E-state index in [0.717, 1.165) is 5.82 Å². The monoisotopic (exact) mass is 276 g/mol. The van der Waals surface area contributed by atoms with Crippen LogP contribution in [0.5, 0.6) is 0 Å². The molecule has 0 atom stereocenters. The van der Waals surface area contributed by atoms with E-state index >= 15 is 0 Å². The summed E-state index contributed by atoms with van der Waals surface area (Å²) in [7, 11) is 4.05. The topological polar surface area (TPSA) is 41.1 Å². The minimum atomic E-state index is 0.456. The van der Waals surface area contributed by atoms with Gasteiger partial charge in [0, 0.05) is 32.4 Å². The second-order valence-electron chi connectivity index (χ2n) is 4.54. The zero-order valence-corrected chi connectivity index (χ0v) is 12.1. The summed E-state index contributed by atoms with van der Waals surface area (Å²) in [5.74, 6) is 1.41. The lowest BCUT2D eigenvalue weighted by Gasteiger charge is -2.13. The third kappa shape index (κ3) is 3.83. The zero-order valence-electron chi connectivity index (χ0n) is 11.3. The first-order valence-corrected chi connectivity index (χ1v) is 6.44. The van der Waals surface area contributed by atoms with Gasteiger partial charge in [-0.2, -0.15) is 0 Å². The molecule has 4 nitrogen and oxygen atoms in total. The van der Waals surface area contributed by atoms with Gasteiger partial charge < -0.3 is 10.2 Å². The normalized spacial score (nSPS) is 10.3. The van der Waals surface area contributed by atoms with Gasteiger partial charge in [-0.15, -0.1) is 0 Å². The average molecular weight is 277 g/mol. The van der Waals surface area contributed by atoms with Crippen molar-refractivity contribution in [3.63, 3.8) is 0 Å². The van der Waals surface area contributed by atoms with Crippen LogP contribution in [-0.4, -0.2) is 24.1 Å². The Balaban J connectivity index is 2.02. The van der Waals surface area contributed by atoms with E-state index in [-0.39, 0.29) is 0 Å². The standard InChI is InChI=1S/C14H17ClN4/c1-10-17-13(15)8-14(18-10)16-9-11-4-6-12(7-5-11)19(2)3/h4-8H,9H2,1-3H3,(H,16,17,18). The van der Waals surface area contributed by atoms with Gasteiger partial charge in [0.2, 0.25) is 0 Å². The number of anilines is 2. The van der Waals surface area contributed by atoms with Gasteiger partial charge >= 0.3 is 0 Å². The van der Waals surface area contributed by atoms with Crippen molar-refractivity contribution in [1.82, 2.24) is 9.97 Å². The number of nitrogens with zero attached hydrogens (tertiary/aromatic N) is 3. The summed E-state index contributed by atoms with van der Waals surface area (Å²) in [6.07, 6.45) is 0. The maximum Gasteiger partial charge on any atom is 0.134 e. The molecule has 5 heteroatoms. The summed E-state index contributed by atoms with van der Waals surface area (Å²) in [5.41, 5.74) is 2.38. The van der Waals surface area contributed by atoms with Gasteiger partial charge in [0.25, 0.3) is 0 Å². The maximum absolute atomic E-state index is 5.89. The lowest BCUT2D eigenvalue weighted by Crippen LogP contribution is -2.08. The van der Waals surface area contributed by atoms with Gasteiger partial charge in [0.05, 0.1) is 0 Å². The average Bonchev–Trinajstić information content (AvgIpc) is 2.36. The van der Waals surface area contributed by atoms with Crippen LogP contribution in [0, 0.1) is 6.92 Å². The fourth-order valence-corrected chi connectivity index (χ4v) is 1.95. The minimum Gasteiger partial charge on any atom is -0.378 e. The predicted octanol–water partition coefficient (Wildman–Crippen LogP) is 3.12. The largest absolute Gasteiger partial charge is 0.378 e. The molecule has 0 amide bonds. The third-order valence-corrected chi connectivity index (χ3v) is 2.93. The van der Waals surface area contributed by atoms with E-state index in [1.807, 2.05) is 21.0 Å². The molecule has 0 radical (unpaired) electrons. The molecule has 0 bridgehead atoms. The highest BCUT2D eigenvalue weighted by Gasteiger charge is 2.00. The van der Waals surface area contributed by atoms with Crippen LogP contribution in [-0.2, 0) is 6.54 Å². The number of rotatable bonds is 4. The van der Waals surface area contributed by atoms with E-state index in [9.17, 15) is 0 Å². The van der Waals surface area contributed by atoms with E-state index in [1.54, 1.807) is 6.07 Å². The molecular formula is C14H17ClN4. The number of benzene rings is 1. The maximum atomic E-state index is 5.89. The first-order valence-electron chi connectivity index (χ1n) is 6.06. The molecule has 0 fully saturated rings. The molecule has 1 N–H and O–H groups in total. The van der Waals surface area contributed by atoms with Crippen LogP contribution in [0.4, 0.5) is 11.5 Å². The highest BCUT2D eigenvalue weighted by Crippen LogP contribution is 2.15. The Morgan fingerprint density at radius 3 is 2.42 bits per heavy atom. The van der Waals surface area contributed by atoms with Crippen LogP contribution in [0.3, 0.4) is 0 Å². The Hall–Kier alpha value is -1.81. The number of nitrogens with one attached hydrogen (secondary N) is 1. The number of aromatic nitrogens is 2. The molecule has 0 aliphatic rings. The Bertz CT molecular complexity index is 532. The Morgan fingerprint density at radius 2 is 1.84 bits per heavy atom. The van der Waals surface area contributed by atoms with Crippen LogP contribution in [0.25, 0.3) is 0 Å². The van der Waals surface area contributed by atoms with Crippen molar-refractivity contribution in [2.24, 2.45) is 0 Å². The summed E-state index contributed by atoms with van der Waals surface area (Å²) in [5, 5.41) is 3.70. The van der Waals surface area contributed by atoms with Gasteiger partial charge in [0.15, 0.2) is 0 Å². The van der Waals surface area contributed by atoms with Gasteiger partial charge in [0.1, 0.15) is 16.8 Å². The number of hydrogen-bond donors (Lipinski definition) is 1. The zero-order chi connectivity index (χ0) is 13.8. The van der Waals surface area contributed by atoms with Crippen molar-refractivity contribution in [2.75, 3.05) is 24.3 Å². The van der Waals surface area contributed by atoms with E-state index < -0.39 is 0 Å². The molecule has 0 spiro atoms. The molecule has 19 heavy (non-hydrogen) atoms. The molecule has 0 aliphatic carbocycles. The summed E-state index contributed by atoms with van der Waals surface area (Å²) in [6, 6.07) is 10.1. The molecular weight excluding hydrogens is 260 g/mol. The molecule has 1 aromatic heterocycles. The number of hydrogen-bond acceptors (Lipinski definition) is 4. The van der Waals surface area contributed by atoms with Gasteiger partial charge in [-0.05, 0) is 24.6 Å². The first kappa shape index (κ1) is 13.6. The quantitative estimate of drug-likeness (QED) is 0.871. The van der Waals surface area contributed by atoms with E-state index in [1.165, 1.54) is 11.3 Å². The van der Waals surface area contributed by atoms with Crippen LogP contribution < -0.4 is 10.2 Å². The minimum absolute atomic E-state index is 0.456. The van der Waals surface area contributed by atoms with Crippen LogP contribution in [0.1, 0.15) is 11.4 Å². The molecule has 1 aromatic carbocycles. The van der Waals surface area contributed by atoms with Crippen molar-refractivity contribution in [3.8, 4) is 0 Å². The van der Waals surface area contributed by atoms with Crippen LogP contribution in [0.2, 0.25) is 5.15 Å². The van der Waals surface area contributed by atoms with E-state index in [2.05, 4.69) is 44.5 Å². The van der Waals surface area contributed by atoms with Crippen molar-refractivity contribution >= 4 is 23.1 Å². The molecule has 2 rings (SSSR count). The number of halogens is 1. The van der Waals surface area contributed by atoms with Crippen molar-refractivity contribution in [3.05, 3.63) is 46.9 Å². The summed E-state index contributed by atoms with van der Waals surface area (Å²) >= 11 is 5.89. The molecule has 1 heterocycles. The molecule has 0 unspecified atom stereocenters. The second-order valence-corrected chi connectivity index (χ2v) is 4.92. The van der Waals surface area contributed by atoms with Gasteiger partial charge in [-0.1, -0.05) is 23.7 Å². The van der Waals surface area contributed by atoms with Gasteiger partial charge in [-0.3, -0.25) is 0 Å². The Labute approximate surface area is 118 Å². The smallest absolute Gasteiger partial charge is 0.134 e. The van der Waals surface area contributed by atoms with E-state index in [0.29, 0.717) is 17.5 Å². The second kappa shape index (κ2) is 5.89. The van der Waals surface area contributed by atoms with Crippen molar-refractivity contribution in [1.29, 1.82) is 0 Å². The molecule has 100 valence electrons. The Kier molecular flexibility index (Phi) is 4.22. The summed E-state index contributed by atoms with van der Waals surface area (Å²) < 4.78 is 0. The molecule has 0 aliphatic heterocycles. The van der Waals surface area contributed by atoms with E-state index in [4.69, 9.17) is 11.6 Å². The molecule has 2 aromatic rings. The van der Waals surface area contributed by atoms with Gasteiger partial charge in [-0.25, -0.2) is 9.97 Å². The SMILES string of the molecule is Cc1nc(Cl)cc(NCc2ccc(N(C)C)cc2)n1. The fraction of sp³-hybridized carbons (Fsp3) is 0.286. The highest BCUT2D eigenvalue weighted by molar-refractivity contribution is 6.29. The highest BCUT2D eigenvalue weighted by atomic mass is 35.5. The lowest BCUT2D eigenvalue weighted by molar-refractivity contribution is 1.02. The Morgan fingerprint density at radius 1 is 1.16 bits per heavy atom. The van der Waals surface area contributed by atoms with Crippen LogP contribution >= 0.6 is 11.6 Å². The first-order chi connectivity index (χ1) is 9.04. The summed E-state index contributed by atoms with van der Waals surface area (Å²) in [4.78, 5) is 10.4. The number of aryl methyl sites for hydroxylation is 1.